The molecule has 0 saturated heterocycles. The summed E-state index contributed by atoms with van der Waals surface area (Å²) in [5, 5.41) is 6.42. The van der Waals surface area contributed by atoms with E-state index >= 15 is 0 Å². The van der Waals surface area contributed by atoms with Gasteiger partial charge in [-0.2, -0.15) is 5.10 Å². The van der Waals surface area contributed by atoms with E-state index < -0.39 is 11.2 Å². The van der Waals surface area contributed by atoms with Gasteiger partial charge in [-0.25, -0.2) is 4.79 Å². The molecule has 0 bridgehead atoms. The minimum Gasteiger partial charge on any atom is -1.00 e. The van der Waals surface area contributed by atoms with Gasteiger partial charge in [0.1, 0.15) is 11.0 Å². The first-order valence-electron chi connectivity index (χ1n) is 2.93. The Kier molecular flexibility index (Phi) is 4.08. The molecule has 0 unspecified atom stereocenters. The van der Waals surface area contributed by atoms with Crippen molar-refractivity contribution in [2.24, 2.45) is 0 Å². The molecule has 2 aromatic heterocycles. The first-order valence-corrected chi connectivity index (χ1v) is 2.93. The van der Waals surface area contributed by atoms with Crippen molar-refractivity contribution in [3.63, 3.8) is 0 Å². The Hall–Kier alpha value is -0.890. The van der Waals surface area contributed by atoms with Crippen molar-refractivity contribution >= 4 is 11.0 Å². The minimum atomic E-state index is -0.535. The third kappa shape index (κ3) is 2.07. The topological polar surface area (TPSA) is 126 Å². The van der Waals surface area contributed by atoms with Gasteiger partial charge in [-0.3, -0.25) is 19.9 Å². The fraction of sp³-hybridized carbons (Fsp3) is 0. The molecule has 8 heteroatoms. The van der Waals surface area contributed by atoms with Crippen molar-refractivity contribution in [3.8, 4) is 0 Å². The predicted molar refractivity (Wildman–Crippen MR) is 42.1 cm³/mol. The third-order valence-corrected chi connectivity index (χ3v) is 1.35. The van der Waals surface area contributed by atoms with Gasteiger partial charge in [0.05, 0.1) is 6.20 Å². The molecular formula is C5H7N4NaO3. The van der Waals surface area contributed by atoms with E-state index in [4.69, 9.17) is 0 Å². The Labute approximate surface area is 94.7 Å². The van der Waals surface area contributed by atoms with E-state index in [2.05, 4.69) is 20.2 Å². The summed E-state index contributed by atoms with van der Waals surface area (Å²) in [6.45, 7) is 0. The van der Waals surface area contributed by atoms with Crippen molar-refractivity contribution < 1.29 is 36.5 Å². The molecule has 2 aromatic rings. The largest absolute Gasteiger partial charge is 1.00 e. The minimum absolute atomic E-state index is 0. The van der Waals surface area contributed by atoms with Gasteiger partial charge in [-0.1, -0.05) is 0 Å². The van der Waals surface area contributed by atoms with Crippen LogP contribution < -0.4 is 40.8 Å². The molecule has 5 N–H and O–H groups in total. The summed E-state index contributed by atoms with van der Waals surface area (Å²) in [6.07, 6.45) is 1.35. The number of aromatic amines is 3. The molecule has 0 atom stereocenters. The van der Waals surface area contributed by atoms with Crippen LogP contribution in [0.1, 0.15) is 1.43 Å². The van der Waals surface area contributed by atoms with Crippen molar-refractivity contribution in [2.45, 2.75) is 0 Å². The maximum Gasteiger partial charge on any atom is 1.00 e. The fourth-order valence-corrected chi connectivity index (χ4v) is 0.869. The predicted octanol–water partition coefficient (Wildman–Crippen LogP) is -4.77. The van der Waals surface area contributed by atoms with E-state index in [0.717, 1.165) is 0 Å². The molecule has 0 radical (unpaired) electrons. The second-order valence-electron chi connectivity index (χ2n) is 2.07. The Bertz CT molecular complexity index is 503. The van der Waals surface area contributed by atoms with Crippen molar-refractivity contribution in [3.05, 3.63) is 27.0 Å². The van der Waals surface area contributed by atoms with Crippen LogP contribution in [0.4, 0.5) is 0 Å². The Morgan fingerprint density at radius 3 is 2.69 bits per heavy atom. The van der Waals surface area contributed by atoms with Crippen LogP contribution in [-0.4, -0.2) is 25.6 Å². The molecule has 0 aliphatic heterocycles. The van der Waals surface area contributed by atoms with Crippen LogP contribution in [0.5, 0.6) is 0 Å². The zero-order valence-corrected chi connectivity index (χ0v) is 8.84. The van der Waals surface area contributed by atoms with Crippen molar-refractivity contribution in [2.75, 3.05) is 0 Å². The van der Waals surface area contributed by atoms with Gasteiger partial charge in [-0.05, 0) is 0 Å². The van der Waals surface area contributed by atoms with Gasteiger partial charge in [0.15, 0.2) is 0 Å². The molecule has 0 fully saturated rings. The second-order valence-corrected chi connectivity index (χ2v) is 2.07. The summed E-state index contributed by atoms with van der Waals surface area (Å²) < 4.78 is 0. The first-order chi connectivity index (χ1) is 5.27. The average Bonchev–Trinajstić information content (AvgIpc) is 2.34. The Morgan fingerprint density at radius 2 is 2.00 bits per heavy atom. The van der Waals surface area contributed by atoms with E-state index in [-0.39, 0.29) is 36.5 Å². The summed E-state index contributed by atoms with van der Waals surface area (Å²) in [7, 11) is 0. The molecular weight excluding hydrogens is 187 g/mol. The normalized spacial score (nSPS) is 8.92. The van der Waals surface area contributed by atoms with E-state index in [0.29, 0.717) is 11.0 Å². The number of aromatic nitrogens is 4. The maximum atomic E-state index is 10.9. The van der Waals surface area contributed by atoms with Gasteiger partial charge in [0, 0.05) is 0 Å². The Morgan fingerprint density at radius 1 is 1.31 bits per heavy atom. The smallest absolute Gasteiger partial charge is 1.00 e. The van der Waals surface area contributed by atoms with Gasteiger partial charge in [0.2, 0.25) is 0 Å². The quantitative estimate of drug-likeness (QED) is 0.364. The monoisotopic (exact) mass is 194 g/mol. The van der Waals surface area contributed by atoms with Gasteiger partial charge in [-0.15, -0.1) is 0 Å². The molecule has 0 aliphatic carbocycles. The van der Waals surface area contributed by atoms with Gasteiger partial charge in [0.25, 0.3) is 5.56 Å². The molecule has 2 rings (SSSR count). The van der Waals surface area contributed by atoms with Crippen LogP contribution in [0, 0.1) is 0 Å². The van der Waals surface area contributed by atoms with Crippen LogP contribution in [-0.2, 0) is 0 Å². The molecule has 7 nitrogen and oxygen atoms in total. The van der Waals surface area contributed by atoms with Crippen molar-refractivity contribution in [1.82, 2.24) is 20.2 Å². The number of fused-ring (bicyclic) bond motifs is 1. The van der Waals surface area contributed by atoms with E-state index in [1.807, 2.05) is 0 Å². The fourth-order valence-electron chi connectivity index (χ4n) is 0.869. The molecule has 13 heavy (non-hydrogen) atoms. The molecule has 0 amide bonds. The number of nitrogens with one attached hydrogen (secondary N) is 3. The molecule has 0 aliphatic rings. The van der Waals surface area contributed by atoms with Gasteiger partial charge >= 0.3 is 35.2 Å². The number of hydrogen-bond acceptors (Lipinski definition) is 3. The average molecular weight is 194 g/mol. The summed E-state index contributed by atoms with van der Waals surface area (Å²) in [5.41, 5.74) is -0.622. The van der Waals surface area contributed by atoms with E-state index in [1.54, 1.807) is 0 Å². The number of H-pyrrole nitrogens is 3. The summed E-state index contributed by atoms with van der Waals surface area (Å²) in [5.74, 6) is 0. The van der Waals surface area contributed by atoms with Gasteiger partial charge < -0.3 is 6.90 Å². The first kappa shape index (κ1) is 12.1. The molecule has 0 saturated carbocycles. The molecule has 0 spiro atoms. The third-order valence-electron chi connectivity index (χ3n) is 1.35. The second kappa shape index (κ2) is 4.38. The standard InChI is InChI=1S/C5H4N4O2.Na.H2O.H/c10-4-2-1-6-9-3(2)7-5(11)8-4;;;/h1H,(H3,6,7,8,9,10,11);;1H2;/q;+1;;-1. The van der Waals surface area contributed by atoms with E-state index in [1.165, 1.54) is 6.20 Å². The zero-order valence-electron chi connectivity index (χ0n) is 7.84. The molecule has 0 aromatic carbocycles. The number of nitrogens with zero attached hydrogens (tertiary/aromatic N) is 1. The summed E-state index contributed by atoms with van der Waals surface area (Å²) in [4.78, 5) is 26.0. The van der Waals surface area contributed by atoms with E-state index in [9.17, 15) is 9.59 Å². The van der Waals surface area contributed by atoms with Crippen LogP contribution >= 0.6 is 0 Å². The molecule has 2 heterocycles. The summed E-state index contributed by atoms with van der Waals surface area (Å²) >= 11 is 0. The SMILES string of the molecule is O.O=c1[nH]c(=O)c2cn[nH]c2[nH]1.[H-].[Na+]. The van der Waals surface area contributed by atoms with Crippen molar-refractivity contribution in [1.29, 1.82) is 0 Å². The maximum absolute atomic E-state index is 10.9. The van der Waals surface area contributed by atoms with Crippen LogP contribution in [0.15, 0.2) is 15.8 Å². The van der Waals surface area contributed by atoms with Crippen LogP contribution in [0.2, 0.25) is 0 Å². The summed E-state index contributed by atoms with van der Waals surface area (Å²) in [6, 6.07) is 0. The van der Waals surface area contributed by atoms with Crippen LogP contribution in [0.25, 0.3) is 11.0 Å². The van der Waals surface area contributed by atoms with Crippen LogP contribution in [0.3, 0.4) is 0 Å². The Balaban J connectivity index is 0. The number of rotatable bonds is 0. The number of hydrogen-bond donors (Lipinski definition) is 3. The molecule has 66 valence electrons. The zero-order chi connectivity index (χ0) is 7.84.